The number of unbranched alkanes of at least 4 members (excludes halogenated alkanes) is 1. The van der Waals surface area contributed by atoms with Gasteiger partial charge in [0.15, 0.2) is 5.76 Å². The standard InChI is InChI=1S/C10H15NO2/c1-2-3-6-11-8-9(12)10-5-4-7-13-10/h4-5,7,11H,2-3,6,8H2,1H3. The molecule has 0 aliphatic heterocycles. The van der Waals surface area contributed by atoms with E-state index in [1.165, 1.54) is 6.26 Å². The van der Waals surface area contributed by atoms with Crippen molar-refractivity contribution in [2.45, 2.75) is 19.8 Å². The summed E-state index contributed by atoms with van der Waals surface area (Å²) in [5.74, 6) is 0.449. The first-order valence-corrected chi connectivity index (χ1v) is 4.62. The van der Waals surface area contributed by atoms with Crippen LogP contribution in [0.4, 0.5) is 0 Å². The Morgan fingerprint density at radius 1 is 1.62 bits per heavy atom. The van der Waals surface area contributed by atoms with Crippen molar-refractivity contribution < 1.29 is 9.21 Å². The lowest BCUT2D eigenvalue weighted by atomic mass is 10.3. The van der Waals surface area contributed by atoms with Crippen LogP contribution in [0.3, 0.4) is 0 Å². The summed E-state index contributed by atoms with van der Waals surface area (Å²) in [5, 5.41) is 3.06. The van der Waals surface area contributed by atoms with Crippen LogP contribution in [0.25, 0.3) is 0 Å². The third-order valence-electron chi connectivity index (χ3n) is 1.79. The Morgan fingerprint density at radius 3 is 3.08 bits per heavy atom. The molecule has 72 valence electrons. The smallest absolute Gasteiger partial charge is 0.211 e. The van der Waals surface area contributed by atoms with Gasteiger partial charge in [-0.1, -0.05) is 13.3 Å². The van der Waals surface area contributed by atoms with Crippen LogP contribution in [0.15, 0.2) is 22.8 Å². The van der Waals surface area contributed by atoms with E-state index in [4.69, 9.17) is 4.42 Å². The largest absolute Gasteiger partial charge is 0.461 e. The molecule has 0 bridgehead atoms. The van der Waals surface area contributed by atoms with E-state index in [2.05, 4.69) is 12.2 Å². The normalized spacial score (nSPS) is 10.2. The highest BCUT2D eigenvalue weighted by molar-refractivity contribution is 5.94. The third-order valence-corrected chi connectivity index (χ3v) is 1.79. The summed E-state index contributed by atoms with van der Waals surface area (Å²) in [6, 6.07) is 3.41. The quantitative estimate of drug-likeness (QED) is 0.538. The molecule has 13 heavy (non-hydrogen) atoms. The molecule has 1 rings (SSSR count). The number of rotatable bonds is 6. The molecule has 0 saturated carbocycles. The van der Waals surface area contributed by atoms with Gasteiger partial charge in [-0.05, 0) is 25.1 Å². The van der Waals surface area contributed by atoms with Gasteiger partial charge >= 0.3 is 0 Å². The molecule has 0 spiro atoms. The average Bonchev–Trinajstić information content (AvgIpc) is 2.65. The lowest BCUT2D eigenvalue weighted by Crippen LogP contribution is -2.23. The van der Waals surface area contributed by atoms with Crippen molar-refractivity contribution in [3.8, 4) is 0 Å². The van der Waals surface area contributed by atoms with Crippen molar-refractivity contribution in [2.75, 3.05) is 13.1 Å². The van der Waals surface area contributed by atoms with Gasteiger partial charge in [0, 0.05) is 0 Å². The maximum Gasteiger partial charge on any atom is 0.211 e. The molecule has 0 radical (unpaired) electrons. The zero-order chi connectivity index (χ0) is 9.52. The van der Waals surface area contributed by atoms with Gasteiger partial charge in [0.1, 0.15) is 0 Å². The van der Waals surface area contributed by atoms with Crippen LogP contribution in [-0.4, -0.2) is 18.9 Å². The van der Waals surface area contributed by atoms with Gasteiger partial charge in [-0.15, -0.1) is 0 Å². The van der Waals surface area contributed by atoms with Crippen molar-refractivity contribution in [1.29, 1.82) is 0 Å². The molecule has 1 heterocycles. The Bertz CT molecular complexity index is 241. The first-order chi connectivity index (χ1) is 6.34. The molecule has 3 nitrogen and oxygen atoms in total. The van der Waals surface area contributed by atoms with Crippen LogP contribution >= 0.6 is 0 Å². The van der Waals surface area contributed by atoms with Crippen LogP contribution in [0, 0.1) is 0 Å². The maximum atomic E-state index is 11.3. The lowest BCUT2D eigenvalue weighted by Gasteiger charge is -2.00. The maximum absolute atomic E-state index is 11.3. The molecule has 3 heteroatoms. The average molecular weight is 181 g/mol. The first-order valence-electron chi connectivity index (χ1n) is 4.62. The Labute approximate surface area is 78.1 Å². The summed E-state index contributed by atoms with van der Waals surface area (Å²) in [6.07, 6.45) is 3.76. The second-order valence-electron chi connectivity index (χ2n) is 2.93. The molecule has 0 aliphatic rings. The van der Waals surface area contributed by atoms with Gasteiger partial charge < -0.3 is 9.73 Å². The topological polar surface area (TPSA) is 42.2 Å². The van der Waals surface area contributed by atoms with E-state index < -0.39 is 0 Å². The molecule has 0 atom stereocenters. The molecule has 0 fully saturated rings. The lowest BCUT2D eigenvalue weighted by molar-refractivity contribution is 0.0964. The Hall–Kier alpha value is -1.09. The minimum atomic E-state index is 0.0149. The SMILES string of the molecule is CCCCNCC(=O)c1ccco1. The molecular weight excluding hydrogens is 166 g/mol. The van der Waals surface area contributed by atoms with E-state index in [-0.39, 0.29) is 5.78 Å². The highest BCUT2D eigenvalue weighted by Gasteiger charge is 2.06. The molecule has 1 aromatic rings. The van der Waals surface area contributed by atoms with E-state index in [0.29, 0.717) is 12.3 Å². The number of hydrogen-bond donors (Lipinski definition) is 1. The summed E-state index contributed by atoms with van der Waals surface area (Å²) in [6.45, 7) is 3.38. The van der Waals surface area contributed by atoms with E-state index in [1.54, 1.807) is 12.1 Å². The summed E-state index contributed by atoms with van der Waals surface area (Å²) < 4.78 is 4.96. The Balaban J connectivity index is 2.19. The molecule has 0 saturated heterocycles. The minimum Gasteiger partial charge on any atom is -0.461 e. The predicted molar refractivity (Wildman–Crippen MR) is 50.8 cm³/mol. The fourth-order valence-electron chi connectivity index (χ4n) is 1.03. The highest BCUT2D eigenvalue weighted by Crippen LogP contribution is 1.99. The van der Waals surface area contributed by atoms with Crippen LogP contribution in [-0.2, 0) is 0 Å². The van der Waals surface area contributed by atoms with Crippen molar-refractivity contribution >= 4 is 5.78 Å². The fourth-order valence-corrected chi connectivity index (χ4v) is 1.03. The molecule has 0 aliphatic carbocycles. The third kappa shape index (κ3) is 3.42. The van der Waals surface area contributed by atoms with Crippen molar-refractivity contribution in [2.24, 2.45) is 0 Å². The van der Waals surface area contributed by atoms with Gasteiger partial charge in [-0.2, -0.15) is 0 Å². The number of hydrogen-bond acceptors (Lipinski definition) is 3. The molecule has 0 amide bonds. The predicted octanol–water partition coefficient (Wildman–Crippen LogP) is 1.85. The molecular formula is C10H15NO2. The van der Waals surface area contributed by atoms with Crippen LogP contribution in [0.1, 0.15) is 30.3 Å². The minimum absolute atomic E-state index is 0.0149. The second kappa shape index (κ2) is 5.54. The van der Waals surface area contributed by atoms with Gasteiger partial charge in [0.2, 0.25) is 5.78 Å². The number of Topliss-reactive ketones (excluding diaryl/α,β-unsaturated/α-hetero) is 1. The number of carbonyl (C=O) groups is 1. The van der Waals surface area contributed by atoms with E-state index in [0.717, 1.165) is 19.4 Å². The second-order valence-corrected chi connectivity index (χ2v) is 2.93. The summed E-state index contributed by atoms with van der Waals surface area (Å²) >= 11 is 0. The molecule has 1 N–H and O–H groups in total. The van der Waals surface area contributed by atoms with Crippen LogP contribution in [0.5, 0.6) is 0 Å². The summed E-state index contributed by atoms with van der Waals surface area (Å²) in [7, 11) is 0. The van der Waals surface area contributed by atoms with Gasteiger partial charge in [0.25, 0.3) is 0 Å². The van der Waals surface area contributed by atoms with Crippen molar-refractivity contribution in [1.82, 2.24) is 5.32 Å². The molecule has 1 aromatic heterocycles. The fraction of sp³-hybridized carbons (Fsp3) is 0.500. The van der Waals surface area contributed by atoms with E-state index in [1.807, 2.05) is 0 Å². The van der Waals surface area contributed by atoms with Crippen molar-refractivity contribution in [3.63, 3.8) is 0 Å². The number of carbonyl (C=O) groups excluding carboxylic acids is 1. The zero-order valence-electron chi connectivity index (χ0n) is 7.88. The Morgan fingerprint density at radius 2 is 2.46 bits per heavy atom. The summed E-state index contributed by atoms with van der Waals surface area (Å²) in [4.78, 5) is 11.3. The Kier molecular flexibility index (Phi) is 4.26. The number of furan rings is 1. The highest BCUT2D eigenvalue weighted by atomic mass is 16.3. The van der Waals surface area contributed by atoms with Gasteiger partial charge in [-0.3, -0.25) is 4.79 Å². The van der Waals surface area contributed by atoms with E-state index >= 15 is 0 Å². The molecule has 0 unspecified atom stereocenters. The van der Waals surface area contributed by atoms with Crippen molar-refractivity contribution in [3.05, 3.63) is 24.2 Å². The monoisotopic (exact) mass is 181 g/mol. The summed E-state index contributed by atoms with van der Waals surface area (Å²) in [5.41, 5.74) is 0. The van der Waals surface area contributed by atoms with Crippen LogP contribution in [0.2, 0.25) is 0 Å². The first kappa shape index (κ1) is 9.99. The van der Waals surface area contributed by atoms with Crippen LogP contribution < -0.4 is 5.32 Å². The number of nitrogens with one attached hydrogen (secondary N) is 1. The van der Waals surface area contributed by atoms with E-state index in [9.17, 15) is 4.79 Å². The molecule has 0 aromatic carbocycles. The number of ketones is 1. The zero-order valence-corrected chi connectivity index (χ0v) is 7.88. The van der Waals surface area contributed by atoms with Gasteiger partial charge in [0.05, 0.1) is 12.8 Å². The van der Waals surface area contributed by atoms with Gasteiger partial charge in [-0.25, -0.2) is 0 Å².